The first kappa shape index (κ1) is 17.1. The summed E-state index contributed by atoms with van der Waals surface area (Å²) in [5, 5.41) is 0. The van der Waals surface area contributed by atoms with Gasteiger partial charge in [0, 0.05) is 36.2 Å². The van der Waals surface area contributed by atoms with Crippen LogP contribution >= 0.6 is 0 Å². The molecule has 2 heterocycles. The molecule has 23 heavy (non-hydrogen) atoms. The lowest BCUT2D eigenvalue weighted by molar-refractivity contribution is -0.142. The zero-order valence-corrected chi connectivity index (χ0v) is 13.5. The lowest BCUT2D eigenvalue weighted by Gasteiger charge is -2.22. The quantitative estimate of drug-likeness (QED) is 0.573. The molecule has 1 aromatic heterocycles. The fourth-order valence-electron chi connectivity index (χ4n) is 2.56. The molecule has 0 spiro atoms. The van der Waals surface area contributed by atoms with Gasteiger partial charge in [-0.25, -0.2) is 0 Å². The van der Waals surface area contributed by atoms with E-state index in [0.29, 0.717) is 17.6 Å². The number of carbonyl (C=O) groups is 3. The Morgan fingerprint density at radius 2 is 2.00 bits per heavy atom. The van der Waals surface area contributed by atoms with Gasteiger partial charge in [-0.15, -0.1) is 0 Å². The van der Waals surface area contributed by atoms with E-state index in [-0.39, 0.29) is 18.1 Å². The van der Waals surface area contributed by atoms with E-state index in [2.05, 4.69) is 11.9 Å². The summed E-state index contributed by atoms with van der Waals surface area (Å²) in [4.78, 5) is 41.4. The van der Waals surface area contributed by atoms with Gasteiger partial charge in [0.05, 0.1) is 6.42 Å². The van der Waals surface area contributed by atoms with Crippen molar-refractivity contribution < 1.29 is 14.4 Å². The summed E-state index contributed by atoms with van der Waals surface area (Å²) in [5.41, 5.74) is 1.00. The van der Waals surface area contributed by atoms with Gasteiger partial charge in [0.2, 0.25) is 11.8 Å². The average Bonchev–Trinajstić information content (AvgIpc) is 2.55. The second kappa shape index (κ2) is 8.36. The molecule has 0 aromatic carbocycles. The molecule has 1 aliphatic heterocycles. The van der Waals surface area contributed by atoms with Crippen LogP contribution in [0.25, 0.3) is 5.57 Å². The van der Waals surface area contributed by atoms with E-state index >= 15 is 0 Å². The topological polar surface area (TPSA) is 67.3 Å². The van der Waals surface area contributed by atoms with Gasteiger partial charge in [0.15, 0.2) is 5.78 Å². The predicted octanol–water partition coefficient (Wildman–Crippen LogP) is 3.11. The van der Waals surface area contributed by atoms with Crippen LogP contribution in [0.3, 0.4) is 0 Å². The summed E-state index contributed by atoms with van der Waals surface area (Å²) in [6.45, 7) is 2.14. The smallest absolute Gasteiger partial charge is 0.241 e. The predicted molar refractivity (Wildman–Crippen MR) is 87.1 cm³/mol. The number of ketones is 1. The first-order chi connectivity index (χ1) is 11.1. The molecule has 0 unspecified atom stereocenters. The highest BCUT2D eigenvalue weighted by molar-refractivity contribution is 6.29. The zero-order chi connectivity index (χ0) is 16.7. The van der Waals surface area contributed by atoms with Crippen molar-refractivity contribution in [1.82, 2.24) is 9.88 Å². The average molecular weight is 314 g/mol. The van der Waals surface area contributed by atoms with E-state index < -0.39 is 5.91 Å². The SMILES string of the molecule is CCCCCCCC(=O)N1C=C(c2cccnc2)C(=O)CC1=O. The molecule has 5 heteroatoms. The van der Waals surface area contributed by atoms with Crippen molar-refractivity contribution in [3.8, 4) is 0 Å². The van der Waals surface area contributed by atoms with Crippen molar-refractivity contribution in [1.29, 1.82) is 0 Å². The lowest BCUT2D eigenvalue weighted by Crippen LogP contribution is -2.37. The summed E-state index contributed by atoms with van der Waals surface area (Å²) in [5.74, 6) is -0.948. The van der Waals surface area contributed by atoms with E-state index in [4.69, 9.17) is 0 Å². The van der Waals surface area contributed by atoms with Crippen molar-refractivity contribution in [3.63, 3.8) is 0 Å². The third-order valence-electron chi connectivity index (χ3n) is 3.87. The lowest BCUT2D eigenvalue weighted by atomic mass is 9.98. The summed E-state index contributed by atoms with van der Waals surface area (Å²) in [6, 6.07) is 3.47. The Morgan fingerprint density at radius 1 is 1.22 bits per heavy atom. The summed E-state index contributed by atoms with van der Waals surface area (Å²) in [7, 11) is 0. The number of unbranched alkanes of at least 4 members (excludes halogenated alkanes) is 4. The van der Waals surface area contributed by atoms with E-state index in [1.54, 1.807) is 24.5 Å². The van der Waals surface area contributed by atoms with Gasteiger partial charge >= 0.3 is 0 Å². The maximum Gasteiger partial charge on any atom is 0.241 e. The summed E-state index contributed by atoms with van der Waals surface area (Å²) in [6.07, 6.45) is 9.80. The monoisotopic (exact) mass is 314 g/mol. The number of nitrogens with zero attached hydrogens (tertiary/aromatic N) is 2. The molecule has 0 bridgehead atoms. The molecule has 2 amide bonds. The molecular formula is C18H22N2O3. The van der Waals surface area contributed by atoms with Gasteiger partial charge in [-0.1, -0.05) is 38.7 Å². The Morgan fingerprint density at radius 3 is 2.70 bits per heavy atom. The largest absolute Gasteiger partial charge is 0.294 e. The fourth-order valence-corrected chi connectivity index (χ4v) is 2.56. The summed E-state index contributed by atoms with van der Waals surface area (Å²) < 4.78 is 0. The third kappa shape index (κ3) is 4.58. The van der Waals surface area contributed by atoms with Crippen molar-refractivity contribution in [2.24, 2.45) is 0 Å². The molecule has 0 fully saturated rings. The Balaban J connectivity index is 2.05. The number of aromatic nitrogens is 1. The van der Waals surface area contributed by atoms with Crippen LogP contribution in [0.1, 0.15) is 57.4 Å². The number of pyridine rings is 1. The number of Topliss-reactive ketones (excluding diaryl/α,β-unsaturated/α-hetero) is 1. The number of amides is 2. The molecule has 2 rings (SSSR count). The van der Waals surface area contributed by atoms with Crippen LogP contribution in [0.5, 0.6) is 0 Å². The molecule has 0 saturated carbocycles. The number of hydrogen-bond donors (Lipinski definition) is 0. The third-order valence-corrected chi connectivity index (χ3v) is 3.87. The highest BCUT2D eigenvalue weighted by atomic mass is 16.2. The number of carbonyl (C=O) groups excluding carboxylic acids is 3. The maximum absolute atomic E-state index is 12.3. The van der Waals surface area contributed by atoms with Crippen molar-refractivity contribution in [3.05, 3.63) is 36.3 Å². The Hall–Kier alpha value is -2.30. The van der Waals surface area contributed by atoms with E-state index in [0.717, 1.165) is 37.0 Å². The Labute approximate surface area is 136 Å². The number of imide groups is 1. The van der Waals surface area contributed by atoms with Crippen molar-refractivity contribution >= 4 is 23.2 Å². The molecule has 0 atom stereocenters. The van der Waals surface area contributed by atoms with Crippen LogP contribution < -0.4 is 0 Å². The second-order valence-electron chi connectivity index (χ2n) is 5.71. The van der Waals surface area contributed by atoms with Crippen LogP contribution in [0.15, 0.2) is 30.7 Å². The molecule has 1 aliphatic rings. The van der Waals surface area contributed by atoms with E-state index in [1.807, 2.05) is 0 Å². The van der Waals surface area contributed by atoms with Gasteiger partial charge in [-0.3, -0.25) is 24.3 Å². The minimum atomic E-state index is -0.443. The van der Waals surface area contributed by atoms with Gasteiger partial charge in [0.1, 0.15) is 0 Å². The second-order valence-corrected chi connectivity index (χ2v) is 5.71. The van der Waals surface area contributed by atoms with Crippen LogP contribution in [0, 0.1) is 0 Å². The number of rotatable bonds is 7. The number of allylic oxidation sites excluding steroid dienone is 1. The maximum atomic E-state index is 12.3. The summed E-state index contributed by atoms with van der Waals surface area (Å²) >= 11 is 0. The Kier molecular flexibility index (Phi) is 6.20. The standard InChI is InChI=1S/C18H22N2O3/c1-2-3-4-5-6-9-17(22)20-13-15(16(21)11-18(20)23)14-8-7-10-19-12-14/h7-8,10,12-13H,2-6,9,11H2,1H3. The van der Waals surface area contributed by atoms with Gasteiger partial charge in [-0.05, 0) is 12.5 Å². The Bertz CT molecular complexity index is 608. The molecule has 0 radical (unpaired) electrons. The highest BCUT2D eigenvalue weighted by Crippen LogP contribution is 2.23. The van der Waals surface area contributed by atoms with Crippen molar-refractivity contribution in [2.75, 3.05) is 0 Å². The first-order valence-corrected chi connectivity index (χ1v) is 8.13. The van der Waals surface area contributed by atoms with Crippen LogP contribution in [0.4, 0.5) is 0 Å². The number of hydrogen-bond acceptors (Lipinski definition) is 4. The molecular weight excluding hydrogens is 292 g/mol. The van der Waals surface area contributed by atoms with Crippen LogP contribution in [0.2, 0.25) is 0 Å². The minimum Gasteiger partial charge on any atom is -0.294 e. The van der Waals surface area contributed by atoms with E-state index in [1.165, 1.54) is 6.20 Å². The highest BCUT2D eigenvalue weighted by Gasteiger charge is 2.29. The minimum absolute atomic E-state index is 0.236. The van der Waals surface area contributed by atoms with E-state index in [9.17, 15) is 14.4 Å². The van der Waals surface area contributed by atoms with Gasteiger partial charge < -0.3 is 0 Å². The molecule has 0 aliphatic carbocycles. The van der Waals surface area contributed by atoms with Gasteiger partial charge in [-0.2, -0.15) is 0 Å². The molecule has 1 aromatic rings. The van der Waals surface area contributed by atoms with Gasteiger partial charge in [0.25, 0.3) is 0 Å². The molecule has 5 nitrogen and oxygen atoms in total. The normalized spacial score (nSPS) is 14.8. The van der Waals surface area contributed by atoms with Crippen molar-refractivity contribution in [2.45, 2.75) is 51.9 Å². The zero-order valence-electron chi connectivity index (χ0n) is 13.5. The molecule has 0 N–H and O–H groups in total. The fraction of sp³-hybridized carbons (Fsp3) is 0.444. The molecule has 122 valence electrons. The first-order valence-electron chi connectivity index (χ1n) is 8.13. The van der Waals surface area contributed by atoms with Crippen LogP contribution in [-0.4, -0.2) is 27.5 Å². The molecule has 0 saturated heterocycles. The van der Waals surface area contributed by atoms with Crippen LogP contribution in [-0.2, 0) is 14.4 Å².